The Balaban J connectivity index is 1.56. The SMILES string of the molecule is COCCn1cc(NC(=O)N2CCN(S(=O)(=O)c3cccc(Br)c3)CC2)cn1. The number of benzene rings is 1. The monoisotopic (exact) mass is 471 g/mol. The number of methoxy groups -OCH3 is 1. The summed E-state index contributed by atoms with van der Waals surface area (Å²) in [5.41, 5.74) is 0.588. The number of sulfonamides is 1. The minimum atomic E-state index is -3.58. The van der Waals surface area contributed by atoms with Gasteiger partial charge in [0.15, 0.2) is 0 Å². The third-order valence-corrected chi connectivity index (χ3v) is 6.76. The first-order valence-electron chi connectivity index (χ1n) is 8.73. The number of rotatable bonds is 6. The Kier molecular flexibility index (Phi) is 6.70. The lowest BCUT2D eigenvalue weighted by molar-refractivity contribution is 0.183. The first-order valence-corrected chi connectivity index (χ1v) is 11.0. The van der Waals surface area contributed by atoms with E-state index in [1.54, 1.807) is 53.4 Å². The molecule has 3 rings (SSSR count). The summed E-state index contributed by atoms with van der Waals surface area (Å²) in [5, 5.41) is 6.94. The number of ether oxygens (including phenoxy) is 1. The van der Waals surface area contributed by atoms with Crippen LogP contribution in [-0.4, -0.2) is 73.3 Å². The summed E-state index contributed by atoms with van der Waals surface area (Å²) in [5.74, 6) is 0. The highest BCUT2D eigenvalue weighted by Crippen LogP contribution is 2.21. The van der Waals surface area contributed by atoms with Gasteiger partial charge in [0.25, 0.3) is 0 Å². The van der Waals surface area contributed by atoms with Crippen molar-refractivity contribution in [1.29, 1.82) is 0 Å². The van der Waals surface area contributed by atoms with E-state index in [4.69, 9.17) is 4.74 Å². The fraction of sp³-hybridized carbons (Fsp3) is 0.412. The predicted molar refractivity (Wildman–Crippen MR) is 108 cm³/mol. The molecular weight excluding hydrogens is 450 g/mol. The molecule has 2 amide bonds. The maximum absolute atomic E-state index is 12.8. The van der Waals surface area contributed by atoms with E-state index in [0.29, 0.717) is 36.4 Å². The highest BCUT2D eigenvalue weighted by atomic mass is 79.9. The third kappa shape index (κ3) is 4.90. The molecule has 1 aliphatic rings. The molecule has 9 nitrogen and oxygen atoms in total. The van der Waals surface area contributed by atoms with Crippen molar-refractivity contribution in [2.75, 3.05) is 45.2 Å². The number of carbonyl (C=O) groups excluding carboxylic acids is 1. The van der Waals surface area contributed by atoms with Gasteiger partial charge in [0, 0.05) is 44.0 Å². The molecule has 0 saturated carbocycles. The van der Waals surface area contributed by atoms with Crippen molar-refractivity contribution in [2.24, 2.45) is 0 Å². The van der Waals surface area contributed by atoms with Crippen LogP contribution in [0.25, 0.3) is 0 Å². The normalized spacial score (nSPS) is 15.6. The minimum absolute atomic E-state index is 0.239. The molecule has 0 aliphatic carbocycles. The zero-order chi connectivity index (χ0) is 20.1. The minimum Gasteiger partial charge on any atom is -0.383 e. The van der Waals surface area contributed by atoms with E-state index in [9.17, 15) is 13.2 Å². The Morgan fingerprint density at radius 2 is 2.04 bits per heavy atom. The molecule has 2 aromatic rings. The molecule has 28 heavy (non-hydrogen) atoms. The molecular formula is C17H22BrN5O4S. The number of hydrogen-bond donors (Lipinski definition) is 1. The van der Waals surface area contributed by atoms with Gasteiger partial charge in [0.05, 0.1) is 29.9 Å². The number of amides is 2. The molecule has 1 aliphatic heterocycles. The second kappa shape index (κ2) is 9.03. The standard InChI is InChI=1S/C17H22BrN5O4S/c1-27-10-9-22-13-15(12-19-22)20-17(24)21-5-7-23(8-6-21)28(25,26)16-4-2-3-14(18)11-16/h2-4,11-13H,5-10H2,1H3,(H,20,24). The van der Waals surface area contributed by atoms with E-state index in [1.165, 1.54) is 4.31 Å². The number of hydrogen-bond acceptors (Lipinski definition) is 5. The molecule has 0 unspecified atom stereocenters. The van der Waals surface area contributed by atoms with Crippen LogP contribution in [0.3, 0.4) is 0 Å². The van der Waals surface area contributed by atoms with Crippen LogP contribution in [0.4, 0.5) is 10.5 Å². The number of piperazine rings is 1. The van der Waals surface area contributed by atoms with Gasteiger partial charge in [-0.15, -0.1) is 0 Å². The Hall–Kier alpha value is -1.95. The Labute approximate surface area is 172 Å². The highest BCUT2D eigenvalue weighted by Gasteiger charge is 2.30. The maximum Gasteiger partial charge on any atom is 0.322 e. The van der Waals surface area contributed by atoms with E-state index in [2.05, 4.69) is 26.3 Å². The number of anilines is 1. The van der Waals surface area contributed by atoms with Crippen LogP contribution in [0.15, 0.2) is 46.0 Å². The predicted octanol–water partition coefficient (Wildman–Crippen LogP) is 1.83. The molecule has 0 bridgehead atoms. The van der Waals surface area contributed by atoms with Crippen LogP contribution in [0.5, 0.6) is 0 Å². The lowest BCUT2D eigenvalue weighted by Crippen LogP contribution is -2.51. The number of urea groups is 1. The summed E-state index contributed by atoms with van der Waals surface area (Å²) in [7, 11) is -1.96. The molecule has 152 valence electrons. The lowest BCUT2D eigenvalue weighted by Gasteiger charge is -2.33. The summed E-state index contributed by atoms with van der Waals surface area (Å²) in [6.45, 7) is 2.25. The molecule has 0 radical (unpaired) electrons. The van der Waals surface area contributed by atoms with Crippen LogP contribution in [0.1, 0.15) is 0 Å². The molecule has 2 heterocycles. The van der Waals surface area contributed by atoms with E-state index in [0.717, 1.165) is 0 Å². The summed E-state index contributed by atoms with van der Waals surface area (Å²) in [4.78, 5) is 14.3. The van der Waals surface area contributed by atoms with Gasteiger partial charge in [0.2, 0.25) is 10.0 Å². The fourth-order valence-electron chi connectivity index (χ4n) is 2.85. The van der Waals surface area contributed by atoms with Crippen LogP contribution >= 0.6 is 15.9 Å². The maximum atomic E-state index is 12.8. The summed E-state index contributed by atoms with van der Waals surface area (Å²) in [6.07, 6.45) is 3.30. The first kappa shape index (κ1) is 20.8. The average Bonchev–Trinajstić information content (AvgIpc) is 3.13. The summed E-state index contributed by atoms with van der Waals surface area (Å²) >= 11 is 3.30. The van der Waals surface area contributed by atoms with Crippen molar-refractivity contribution in [3.05, 3.63) is 41.1 Å². The van der Waals surface area contributed by atoms with Crippen LogP contribution in [0.2, 0.25) is 0 Å². The topological polar surface area (TPSA) is 96.8 Å². The van der Waals surface area contributed by atoms with Gasteiger partial charge in [-0.1, -0.05) is 22.0 Å². The zero-order valence-electron chi connectivity index (χ0n) is 15.4. The van der Waals surface area contributed by atoms with Crippen molar-refractivity contribution in [1.82, 2.24) is 19.0 Å². The average molecular weight is 472 g/mol. The molecule has 0 spiro atoms. The van der Waals surface area contributed by atoms with Gasteiger partial charge in [-0.25, -0.2) is 13.2 Å². The van der Waals surface area contributed by atoms with E-state index >= 15 is 0 Å². The van der Waals surface area contributed by atoms with Crippen LogP contribution in [-0.2, 0) is 21.3 Å². The van der Waals surface area contributed by atoms with Gasteiger partial charge in [-0.3, -0.25) is 4.68 Å². The number of nitrogens with one attached hydrogen (secondary N) is 1. The summed E-state index contributed by atoms with van der Waals surface area (Å²) in [6, 6.07) is 6.34. The highest BCUT2D eigenvalue weighted by molar-refractivity contribution is 9.10. The molecule has 11 heteroatoms. The molecule has 1 aromatic heterocycles. The molecule has 1 fully saturated rings. The van der Waals surface area contributed by atoms with E-state index < -0.39 is 10.0 Å². The third-order valence-electron chi connectivity index (χ3n) is 4.37. The van der Waals surface area contributed by atoms with Gasteiger partial charge >= 0.3 is 6.03 Å². The smallest absolute Gasteiger partial charge is 0.322 e. The van der Waals surface area contributed by atoms with Gasteiger partial charge < -0.3 is 15.0 Å². The van der Waals surface area contributed by atoms with Crippen LogP contribution < -0.4 is 5.32 Å². The molecule has 1 saturated heterocycles. The first-order chi connectivity index (χ1) is 13.4. The molecule has 1 aromatic carbocycles. The second-order valence-corrected chi connectivity index (χ2v) is 9.12. The number of aromatic nitrogens is 2. The zero-order valence-corrected chi connectivity index (χ0v) is 17.8. The fourth-order valence-corrected chi connectivity index (χ4v) is 4.87. The van der Waals surface area contributed by atoms with Crippen molar-refractivity contribution < 1.29 is 17.9 Å². The molecule has 0 atom stereocenters. The van der Waals surface area contributed by atoms with Crippen molar-refractivity contribution >= 4 is 37.7 Å². The van der Waals surface area contributed by atoms with Gasteiger partial charge in [-0.05, 0) is 18.2 Å². The van der Waals surface area contributed by atoms with Gasteiger partial charge in [-0.2, -0.15) is 9.40 Å². The number of halogens is 1. The quantitative estimate of drug-likeness (QED) is 0.692. The van der Waals surface area contributed by atoms with Gasteiger partial charge in [0.1, 0.15) is 0 Å². The number of carbonyl (C=O) groups is 1. The lowest BCUT2D eigenvalue weighted by atomic mass is 10.4. The Morgan fingerprint density at radius 3 is 2.71 bits per heavy atom. The van der Waals surface area contributed by atoms with Crippen molar-refractivity contribution in [3.63, 3.8) is 0 Å². The summed E-state index contributed by atoms with van der Waals surface area (Å²) < 4.78 is 34.3. The Bertz CT molecular complexity index is 925. The van der Waals surface area contributed by atoms with E-state index in [-0.39, 0.29) is 24.0 Å². The largest absolute Gasteiger partial charge is 0.383 e. The van der Waals surface area contributed by atoms with Crippen molar-refractivity contribution in [3.8, 4) is 0 Å². The second-order valence-electron chi connectivity index (χ2n) is 6.26. The molecule has 1 N–H and O–H groups in total. The Morgan fingerprint density at radius 1 is 1.29 bits per heavy atom. The van der Waals surface area contributed by atoms with E-state index in [1.807, 2.05) is 0 Å². The number of nitrogens with zero attached hydrogens (tertiary/aromatic N) is 4. The van der Waals surface area contributed by atoms with Crippen molar-refractivity contribution in [2.45, 2.75) is 11.4 Å². The van der Waals surface area contributed by atoms with Crippen LogP contribution in [0, 0.1) is 0 Å².